The normalized spacial score (nSPS) is 19.1. The third kappa shape index (κ3) is 2.85. The van der Waals surface area contributed by atoms with Gasteiger partial charge in [-0.3, -0.25) is 0 Å². The van der Waals surface area contributed by atoms with Gasteiger partial charge in [0.2, 0.25) is 0 Å². The predicted molar refractivity (Wildman–Crippen MR) is 66.2 cm³/mol. The number of hydrogen-bond donors (Lipinski definition) is 2. The van der Waals surface area contributed by atoms with E-state index in [0.29, 0.717) is 18.0 Å². The lowest BCUT2D eigenvalue weighted by Crippen LogP contribution is -2.47. The van der Waals surface area contributed by atoms with Gasteiger partial charge in [-0.2, -0.15) is 0 Å². The maximum atomic E-state index is 13.6. The Kier molecular flexibility index (Phi) is 3.50. The monoisotopic (exact) mass is 237 g/mol. The molecule has 0 spiro atoms. The van der Waals surface area contributed by atoms with E-state index in [0.717, 1.165) is 18.4 Å². The van der Waals surface area contributed by atoms with Crippen molar-refractivity contribution in [3.05, 3.63) is 35.1 Å². The minimum Gasteiger partial charge on any atom is -0.394 e. The van der Waals surface area contributed by atoms with Crippen LogP contribution in [0.15, 0.2) is 18.2 Å². The molecule has 0 radical (unpaired) electrons. The van der Waals surface area contributed by atoms with Gasteiger partial charge >= 0.3 is 0 Å². The summed E-state index contributed by atoms with van der Waals surface area (Å²) >= 11 is 0. The van der Waals surface area contributed by atoms with Crippen molar-refractivity contribution in [3.63, 3.8) is 0 Å². The summed E-state index contributed by atoms with van der Waals surface area (Å²) < 4.78 is 13.6. The fourth-order valence-electron chi connectivity index (χ4n) is 2.19. The third-order valence-electron chi connectivity index (χ3n) is 3.69. The Morgan fingerprint density at radius 2 is 2.18 bits per heavy atom. The van der Waals surface area contributed by atoms with Gasteiger partial charge < -0.3 is 10.4 Å². The van der Waals surface area contributed by atoms with Crippen molar-refractivity contribution in [2.24, 2.45) is 5.92 Å². The molecule has 2 rings (SSSR count). The summed E-state index contributed by atoms with van der Waals surface area (Å²) in [5.74, 6) is 0.347. The van der Waals surface area contributed by atoms with Gasteiger partial charge in [-0.1, -0.05) is 17.7 Å². The Hall–Kier alpha value is -0.930. The summed E-state index contributed by atoms with van der Waals surface area (Å²) in [6.07, 6.45) is 2.31. The van der Waals surface area contributed by atoms with Crippen LogP contribution >= 0.6 is 0 Å². The van der Waals surface area contributed by atoms with E-state index in [4.69, 9.17) is 0 Å². The highest BCUT2D eigenvalue weighted by atomic mass is 19.1. The topological polar surface area (TPSA) is 32.3 Å². The Morgan fingerprint density at radius 1 is 1.47 bits per heavy atom. The van der Waals surface area contributed by atoms with Gasteiger partial charge in [0.25, 0.3) is 0 Å². The Balaban J connectivity index is 2.03. The largest absolute Gasteiger partial charge is 0.394 e. The first-order valence-electron chi connectivity index (χ1n) is 6.16. The van der Waals surface area contributed by atoms with Crippen molar-refractivity contribution in [2.45, 2.75) is 38.8 Å². The van der Waals surface area contributed by atoms with Crippen LogP contribution in [0.2, 0.25) is 0 Å². The van der Waals surface area contributed by atoms with Gasteiger partial charge in [-0.25, -0.2) is 4.39 Å². The van der Waals surface area contributed by atoms with E-state index < -0.39 is 0 Å². The lowest BCUT2D eigenvalue weighted by atomic mass is 9.96. The van der Waals surface area contributed by atoms with E-state index in [1.165, 1.54) is 6.07 Å². The highest BCUT2D eigenvalue weighted by Crippen LogP contribution is 2.39. The molecule has 1 unspecified atom stereocenters. The molecule has 0 bridgehead atoms. The van der Waals surface area contributed by atoms with Crippen molar-refractivity contribution in [3.8, 4) is 0 Å². The van der Waals surface area contributed by atoms with Gasteiger partial charge in [0.15, 0.2) is 0 Å². The number of halogens is 1. The zero-order valence-corrected chi connectivity index (χ0v) is 10.5. The molecule has 0 saturated heterocycles. The van der Waals surface area contributed by atoms with Gasteiger partial charge in [-0.15, -0.1) is 0 Å². The molecule has 1 fully saturated rings. The zero-order chi connectivity index (χ0) is 12.5. The number of rotatable bonds is 5. The molecule has 1 atom stereocenters. The van der Waals surface area contributed by atoms with Crippen molar-refractivity contribution in [1.82, 2.24) is 5.32 Å². The maximum absolute atomic E-state index is 13.6. The summed E-state index contributed by atoms with van der Waals surface area (Å²) in [6.45, 7) is 4.54. The fraction of sp³-hybridized carbons (Fsp3) is 0.571. The maximum Gasteiger partial charge on any atom is 0.127 e. The lowest BCUT2D eigenvalue weighted by Gasteiger charge is -2.29. The summed E-state index contributed by atoms with van der Waals surface area (Å²) in [4.78, 5) is 0. The second-order valence-corrected chi connectivity index (χ2v) is 5.30. The molecular weight excluding hydrogens is 217 g/mol. The van der Waals surface area contributed by atoms with Crippen LogP contribution in [-0.2, 0) is 6.54 Å². The van der Waals surface area contributed by atoms with Crippen LogP contribution < -0.4 is 5.32 Å². The highest BCUT2D eigenvalue weighted by Gasteiger charge is 2.40. The van der Waals surface area contributed by atoms with Crippen molar-refractivity contribution < 1.29 is 9.50 Å². The minimum atomic E-state index is -0.268. The number of benzene rings is 1. The summed E-state index contributed by atoms with van der Waals surface area (Å²) in [5.41, 5.74) is 1.46. The average Bonchev–Trinajstić information content (AvgIpc) is 3.14. The molecule has 1 saturated carbocycles. The summed E-state index contributed by atoms with van der Waals surface area (Å²) in [7, 11) is 0. The molecule has 1 aromatic rings. The molecule has 1 aliphatic carbocycles. The second kappa shape index (κ2) is 4.75. The smallest absolute Gasteiger partial charge is 0.127 e. The van der Waals surface area contributed by atoms with Gasteiger partial charge in [0.05, 0.1) is 6.61 Å². The first kappa shape index (κ1) is 12.5. The quantitative estimate of drug-likeness (QED) is 0.824. The SMILES string of the molecule is Cc1ccc(F)c(CNC(C)(CO)C2CC2)c1. The average molecular weight is 237 g/mol. The van der Waals surface area contributed by atoms with E-state index in [-0.39, 0.29) is 18.0 Å². The molecule has 1 aromatic carbocycles. The van der Waals surface area contributed by atoms with Gasteiger partial charge in [0.1, 0.15) is 5.82 Å². The number of hydrogen-bond acceptors (Lipinski definition) is 2. The number of nitrogens with one attached hydrogen (secondary N) is 1. The van der Waals surface area contributed by atoms with E-state index in [2.05, 4.69) is 5.32 Å². The summed E-state index contributed by atoms with van der Waals surface area (Å²) in [6, 6.07) is 5.12. The van der Waals surface area contributed by atoms with Gasteiger partial charge in [0, 0.05) is 17.6 Å². The number of aliphatic hydroxyl groups is 1. The summed E-state index contributed by atoms with van der Waals surface area (Å²) in [5, 5.41) is 12.7. The standard InChI is InChI=1S/C14H20FNO/c1-10-3-6-13(15)11(7-10)8-16-14(2,9-17)12-4-5-12/h3,6-7,12,16-17H,4-5,8-9H2,1-2H3. The minimum absolute atomic E-state index is 0.102. The molecule has 0 aliphatic heterocycles. The van der Waals surface area contributed by atoms with Crippen LogP contribution in [0.1, 0.15) is 30.9 Å². The Morgan fingerprint density at radius 3 is 2.76 bits per heavy atom. The Labute approximate surface area is 102 Å². The molecule has 0 heterocycles. The molecule has 0 amide bonds. The molecule has 3 heteroatoms. The van der Waals surface area contributed by atoms with E-state index in [9.17, 15) is 9.50 Å². The van der Waals surface area contributed by atoms with Crippen LogP contribution in [0, 0.1) is 18.7 Å². The van der Waals surface area contributed by atoms with Crippen molar-refractivity contribution >= 4 is 0 Å². The van der Waals surface area contributed by atoms with Crippen molar-refractivity contribution in [1.29, 1.82) is 0 Å². The van der Waals surface area contributed by atoms with E-state index >= 15 is 0 Å². The van der Waals surface area contributed by atoms with Crippen LogP contribution in [-0.4, -0.2) is 17.3 Å². The molecule has 94 valence electrons. The third-order valence-corrected chi connectivity index (χ3v) is 3.69. The predicted octanol–water partition coefficient (Wildman–Crippen LogP) is 2.38. The highest BCUT2D eigenvalue weighted by molar-refractivity contribution is 5.24. The first-order chi connectivity index (χ1) is 8.05. The van der Waals surface area contributed by atoms with Gasteiger partial charge in [-0.05, 0) is 38.7 Å². The van der Waals surface area contributed by atoms with Crippen LogP contribution in [0.5, 0.6) is 0 Å². The Bertz CT molecular complexity index is 403. The second-order valence-electron chi connectivity index (χ2n) is 5.30. The first-order valence-corrected chi connectivity index (χ1v) is 6.16. The molecule has 17 heavy (non-hydrogen) atoms. The number of aliphatic hydroxyl groups excluding tert-OH is 1. The molecule has 0 aromatic heterocycles. The van der Waals surface area contributed by atoms with E-state index in [1.807, 2.05) is 19.9 Å². The van der Waals surface area contributed by atoms with Crippen molar-refractivity contribution in [2.75, 3.05) is 6.61 Å². The molecule has 1 aliphatic rings. The molecule has 2 N–H and O–H groups in total. The van der Waals surface area contributed by atoms with Crippen LogP contribution in [0.4, 0.5) is 4.39 Å². The zero-order valence-electron chi connectivity index (χ0n) is 10.5. The van der Waals surface area contributed by atoms with Crippen LogP contribution in [0.25, 0.3) is 0 Å². The number of aryl methyl sites for hydroxylation is 1. The lowest BCUT2D eigenvalue weighted by molar-refractivity contribution is 0.153. The van der Waals surface area contributed by atoms with Crippen LogP contribution in [0.3, 0.4) is 0 Å². The van der Waals surface area contributed by atoms with E-state index in [1.54, 1.807) is 6.07 Å². The molecular formula is C14H20FNO. The fourth-order valence-corrected chi connectivity index (χ4v) is 2.19. The molecule has 2 nitrogen and oxygen atoms in total.